The number of aromatic hydroxyl groups is 1. The van der Waals surface area contributed by atoms with E-state index in [1.54, 1.807) is 24.3 Å². The number of rotatable bonds is 5. The molecular formula is C16H17ClFNO2. The van der Waals surface area contributed by atoms with Crippen molar-refractivity contribution in [1.82, 2.24) is 0 Å². The van der Waals surface area contributed by atoms with Crippen LogP contribution < -0.4 is 10.1 Å². The van der Waals surface area contributed by atoms with Gasteiger partial charge in [0.1, 0.15) is 17.3 Å². The zero-order valence-electron chi connectivity index (χ0n) is 11.9. The van der Waals surface area contributed by atoms with Crippen LogP contribution in [0.4, 0.5) is 10.1 Å². The van der Waals surface area contributed by atoms with Crippen molar-refractivity contribution in [2.75, 3.05) is 11.9 Å². The molecule has 1 unspecified atom stereocenters. The Balaban J connectivity index is 2.26. The third kappa shape index (κ3) is 3.79. The number of phenols is 1. The van der Waals surface area contributed by atoms with E-state index in [-0.39, 0.29) is 11.8 Å². The van der Waals surface area contributed by atoms with Gasteiger partial charge in [-0.2, -0.15) is 0 Å². The summed E-state index contributed by atoms with van der Waals surface area (Å²) in [5, 5.41) is 13.6. The number of phenolic OH excluding ortho intramolecular Hbond substituents is 1. The van der Waals surface area contributed by atoms with Gasteiger partial charge < -0.3 is 15.2 Å². The first-order chi connectivity index (χ1) is 10.0. The first-order valence-corrected chi connectivity index (χ1v) is 7.06. The Morgan fingerprint density at radius 3 is 2.71 bits per heavy atom. The molecule has 0 aliphatic heterocycles. The van der Waals surface area contributed by atoms with Crippen LogP contribution in [0.25, 0.3) is 0 Å². The number of hydrogen-bond acceptors (Lipinski definition) is 3. The molecule has 0 amide bonds. The summed E-state index contributed by atoms with van der Waals surface area (Å²) in [6.45, 7) is 4.30. The van der Waals surface area contributed by atoms with Gasteiger partial charge in [0.2, 0.25) is 0 Å². The lowest BCUT2D eigenvalue weighted by Crippen LogP contribution is -2.08. The number of ether oxygens (including phenoxy) is 1. The summed E-state index contributed by atoms with van der Waals surface area (Å²) in [4.78, 5) is 0. The van der Waals surface area contributed by atoms with Gasteiger partial charge in [0.15, 0.2) is 0 Å². The molecule has 0 spiro atoms. The molecule has 0 aromatic heterocycles. The highest BCUT2D eigenvalue weighted by molar-refractivity contribution is 6.30. The summed E-state index contributed by atoms with van der Waals surface area (Å²) in [6.07, 6.45) is 0. The van der Waals surface area contributed by atoms with Gasteiger partial charge in [-0.1, -0.05) is 17.7 Å². The zero-order chi connectivity index (χ0) is 15.4. The van der Waals surface area contributed by atoms with Crippen molar-refractivity contribution in [3.05, 3.63) is 52.8 Å². The Labute approximate surface area is 128 Å². The number of anilines is 1. The molecule has 0 saturated heterocycles. The molecule has 0 bridgehead atoms. The number of halogens is 2. The Hall–Kier alpha value is -1.94. The Morgan fingerprint density at radius 2 is 2.05 bits per heavy atom. The predicted octanol–water partition coefficient (Wildman–Crippen LogP) is 4.76. The second kappa shape index (κ2) is 6.68. The van der Waals surface area contributed by atoms with E-state index in [4.69, 9.17) is 16.3 Å². The van der Waals surface area contributed by atoms with E-state index in [1.165, 1.54) is 6.07 Å². The van der Waals surface area contributed by atoms with Crippen LogP contribution in [0.3, 0.4) is 0 Å². The van der Waals surface area contributed by atoms with Crippen LogP contribution in [0, 0.1) is 5.82 Å². The standard InChI is InChI=1S/C16H17ClFNO2/c1-3-21-16-7-4-11(17)8-14(16)19-10(2)13-6-5-12(18)9-15(13)20/h4-10,19-20H,3H2,1-2H3. The third-order valence-corrected chi connectivity index (χ3v) is 3.31. The summed E-state index contributed by atoms with van der Waals surface area (Å²) in [5.74, 6) is 0.117. The summed E-state index contributed by atoms with van der Waals surface area (Å²) < 4.78 is 18.6. The van der Waals surface area contributed by atoms with Gasteiger partial charge >= 0.3 is 0 Å². The van der Waals surface area contributed by atoms with Gasteiger partial charge in [-0.05, 0) is 38.1 Å². The molecule has 2 rings (SSSR count). The normalized spacial score (nSPS) is 12.0. The van der Waals surface area contributed by atoms with Crippen molar-refractivity contribution >= 4 is 17.3 Å². The van der Waals surface area contributed by atoms with Crippen LogP contribution >= 0.6 is 11.6 Å². The van der Waals surface area contributed by atoms with Crippen molar-refractivity contribution in [2.45, 2.75) is 19.9 Å². The smallest absolute Gasteiger partial charge is 0.142 e. The molecule has 0 radical (unpaired) electrons. The zero-order valence-corrected chi connectivity index (χ0v) is 12.6. The predicted molar refractivity (Wildman–Crippen MR) is 82.7 cm³/mol. The molecule has 1 atom stereocenters. The van der Waals surface area contributed by atoms with E-state index in [1.807, 2.05) is 13.8 Å². The van der Waals surface area contributed by atoms with E-state index < -0.39 is 5.82 Å². The van der Waals surface area contributed by atoms with Crippen LogP contribution in [0.1, 0.15) is 25.5 Å². The molecule has 0 heterocycles. The second-order valence-electron chi connectivity index (χ2n) is 4.64. The molecule has 112 valence electrons. The van der Waals surface area contributed by atoms with Crippen molar-refractivity contribution in [3.8, 4) is 11.5 Å². The SMILES string of the molecule is CCOc1ccc(Cl)cc1NC(C)c1ccc(F)cc1O. The minimum atomic E-state index is -0.471. The topological polar surface area (TPSA) is 41.5 Å². The van der Waals surface area contributed by atoms with Crippen molar-refractivity contribution in [2.24, 2.45) is 0 Å². The molecule has 5 heteroatoms. The van der Waals surface area contributed by atoms with Crippen molar-refractivity contribution in [1.29, 1.82) is 0 Å². The van der Waals surface area contributed by atoms with E-state index in [9.17, 15) is 9.50 Å². The molecule has 0 aliphatic rings. The molecule has 21 heavy (non-hydrogen) atoms. The highest BCUT2D eigenvalue weighted by atomic mass is 35.5. The third-order valence-electron chi connectivity index (χ3n) is 3.07. The molecule has 2 aromatic rings. The van der Waals surface area contributed by atoms with Crippen LogP contribution in [0.5, 0.6) is 11.5 Å². The number of hydrogen-bond donors (Lipinski definition) is 2. The Bertz CT molecular complexity index is 634. The van der Waals surface area contributed by atoms with Crippen molar-refractivity contribution < 1.29 is 14.2 Å². The fourth-order valence-corrected chi connectivity index (χ4v) is 2.26. The lowest BCUT2D eigenvalue weighted by molar-refractivity contribution is 0.341. The average Bonchev–Trinajstić information content (AvgIpc) is 2.41. The number of benzene rings is 2. The Morgan fingerprint density at radius 1 is 1.29 bits per heavy atom. The monoisotopic (exact) mass is 309 g/mol. The van der Waals surface area contributed by atoms with Gasteiger partial charge in [-0.3, -0.25) is 0 Å². The van der Waals surface area contributed by atoms with Gasteiger partial charge in [0, 0.05) is 16.7 Å². The quantitative estimate of drug-likeness (QED) is 0.837. The molecule has 0 saturated carbocycles. The summed E-state index contributed by atoms with van der Waals surface area (Å²) in [6, 6.07) is 9.01. The fraction of sp³-hybridized carbons (Fsp3) is 0.250. The maximum atomic E-state index is 13.0. The molecular weight excluding hydrogens is 293 g/mol. The van der Waals surface area contributed by atoms with Gasteiger partial charge in [0.05, 0.1) is 18.3 Å². The average molecular weight is 310 g/mol. The van der Waals surface area contributed by atoms with Gasteiger partial charge in [-0.25, -0.2) is 4.39 Å². The summed E-state index contributed by atoms with van der Waals surface area (Å²) in [7, 11) is 0. The first-order valence-electron chi connectivity index (χ1n) is 6.68. The Kier molecular flexibility index (Phi) is 4.91. The maximum absolute atomic E-state index is 13.0. The minimum absolute atomic E-state index is 0.0880. The summed E-state index contributed by atoms with van der Waals surface area (Å²) >= 11 is 6.00. The lowest BCUT2D eigenvalue weighted by atomic mass is 10.1. The van der Waals surface area contributed by atoms with Gasteiger partial charge in [-0.15, -0.1) is 0 Å². The highest BCUT2D eigenvalue weighted by Crippen LogP contribution is 2.33. The largest absolute Gasteiger partial charge is 0.507 e. The van der Waals surface area contributed by atoms with E-state index >= 15 is 0 Å². The fourth-order valence-electron chi connectivity index (χ4n) is 2.09. The molecule has 2 N–H and O–H groups in total. The van der Waals surface area contributed by atoms with E-state index in [2.05, 4.69) is 5.32 Å². The highest BCUT2D eigenvalue weighted by Gasteiger charge is 2.13. The molecule has 2 aromatic carbocycles. The van der Waals surface area contributed by atoms with Crippen LogP contribution in [0.2, 0.25) is 5.02 Å². The molecule has 0 fully saturated rings. The second-order valence-corrected chi connectivity index (χ2v) is 5.08. The first kappa shape index (κ1) is 15.4. The van der Waals surface area contributed by atoms with Crippen LogP contribution in [0.15, 0.2) is 36.4 Å². The maximum Gasteiger partial charge on any atom is 0.142 e. The van der Waals surface area contributed by atoms with E-state index in [0.29, 0.717) is 22.9 Å². The van der Waals surface area contributed by atoms with Crippen LogP contribution in [-0.4, -0.2) is 11.7 Å². The molecule has 3 nitrogen and oxygen atoms in total. The van der Waals surface area contributed by atoms with E-state index in [0.717, 1.165) is 11.8 Å². The lowest BCUT2D eigenvalue weighted by Gasteiger charge is -2.19. The molecule has 0 aliphatic carbocycles. The van der Waals surface area contributed by atoms with Crippen LogP contribution in [-0.2, 0) is 0 Å². The number of nitrogens with one attached hydrogen (secondary N) is 1. The minimum Gasteiger partial charge on any atom is -0.507 e. The van der Waals surface area contributed by atoms with Crippen molar-refractivity contribution in [3.63, 3.8) is 0 Å². The van der Waals surface area contributed by atoms with Gasteiger partial charge in [0.25, 0.3) is 0 Å². The summed E-state index contributed by atoms with van der Waals surface area (Å²) in [5.41, 5.74) is 1.32.